The highest BCUT2D eigenvalue weighted by Crippen LogP contribution is 2.26. The molecule has 0 amide bonds. The molecule has 1 heterocycles. The third-order valence-corrected chi connectivity index (χ3v) is 2.04. The fourth-order valence-corrected chi connectivity index (χ4v) is 1.22. The molecule has 1 aromatic heterocycles. The van der Waals surface area contributed by atoms with Crippen LogP contribution in [0.15, 0.2) is 42.6 Å². The predicted octanol–water partition coefficient (Wildman–Crippen LogP) is 3.67. The largest absolute Gasteiger partial charge is 0.438 e. The molecular weight excluding hydrogens is 217 g/mol. The number of halogens is 2. The van der Waals surface area contributed by atoms with Crippen LogP contribution in [0.25, 0.3) is 0 Å². The summed E-state index contributed by atoms with van der Waals surface area (Å²) in [5, 5.41) is 0.418. The van der Waals surface area contributed by atoms with Crippen LogP contribution < -0.4 is 4.74 Å². The molecule has 0 unspecified atom stereocenters. The molecule has 0 saturated carbocycles. The van der Waals surface area contributed by atoms with Crippen molar-refractivity contribution in [2.24, 2.45) is 0 Å². The second-order valence-electron chi connectivity index (χ2n) is 2.85. The summed E-state index contributed by atoms with van der Waals surface area (Å²) in [5.41, 5.74) is 0. The highest BCUT2D eigenvalue weighted by Gasteiger charge is 2.03. The van der Waals surface area contributed by atoms with E-state index in [1.54, 1.807) is 18.3 Å². The first-order chi connectivity index (χ1) is 7.25. The van der Waals surface area contributed by atoms with Crippen LogP contribution in [0.4, 0.5) is 4.39 Å². The summed E-state index contributed by atoms with van der Waals surface area (Å²) < 4.78 is 18.0. The molecular formula is C11H7ClFNO. The van der Waals surface area contributed by atoms with Gasteiger partial charge in [0.25, 0.3) is 0 Å². The van der Waals surface area contributed by atoms with Crippen molar-refractivity contribution in [3.8, 4) is 11.6 Å². The minimum atomic E-state index is -0.311. The van der Waals surface area contributed by atoms with E-state index in [0.29, 0.717) is 16.7 Å². The van der Waals surface area contributed by atoms with E-state index < -0.39 is 0 Å². The normalized spacial score (nSPS) is 10.0. The average molecular weight is 224 g/mol. The monoisotopic (exact) mass is 223 g/mol. The van der Waals surface area contributed by atoms with Gasteiger partial charge >= 0.3 is 0 Å². The van der Waals surface area contributed by atoms with Gasteiger partial charge in [-0.25, -0.2) is 9.37 Å². The van der Waals surface area contributed by atoms with Gasteiger partial charge < -0.3 is 4.74 Å². The van der Waals surface area contributed by atoms with E-state index in [2.05, 4.69) is 4.98 Å². The van der Waals surface area contributed by atoms with Gasteiger partial charge in [-0.05, 0) is 36.4 Å². The SMILES string of the molecule is Fc1ccc(Oc2ncccc2Cl)cc1. The smallest absolute Gasteiger partial charge is 0.238 e. The maximum atomic E-state index is 12.6. The van der Waals surface area contributed by atoms with Crippen LogP contribution in [0.1, 0.15) is 0 Å². The van der Waals surface area contributed by atoms with Crippen LogP contribution in [0.3, 0.4) is 0 Å². The molecule has 0 bridgehead atoms. The molecule has 0 aliphatic heterocycles. The van der Waals surface area contributed by atoms with E-state index in [4.69, 9.17) is 16.3 Å². The van der Waals surface area contributed by atoms with Gasteiger partial charge in [-0.1, -0.05) is 11.6 Å². The zero-order valence-electron chi connectivity index (χ0n) is 7.65. The van der Waals surface area contributed by atoms with E-state index in [-0.39, 0.29) is 5.82 Å². The summed E-state index contributed by atoms with van der Waals surface area (Å²) in [4.78, 5) is 3.95. The molecule has 0 saturated heterocycles. The maximum absolute atomic E-state index is 12.6. The highest BCUT2D eigenvalue weighted by molar-refractivity contribution is 6.31. The van der Waals surface area contributed by atoms with Crippen molar-refractivity contribution in [1.82, 2.24) is 4.98 Å². The fourth-order valence-electron chi connectivity index (χ4n) is 1.06. The summed E-state index contributed by atoms with van der Waals surface area (Å²) in [5.74, 6) is 0.497. The summed E-state index contributed by atoms with van der Waals surface area (Å²) in [7, 11) is 0. The number of hydrogen-bond donors (Lipinski definition) is 0. The van der Waals surface area contributed by atoms with Crippen molar-refractivity contribution in [2.45, 2.75) is 0 Å². The van der Waals surface area contributed by atoms with Crippen molar-refractivity contribution in [3.63, 3.8) is 0 Å². The van der Waals surface area contributed by atoms with Gasteiger partial charge in [0.2, 0.25) is 5.88 Å². The molecule has 0 fully saturated rings. The van der Waals surface area contributed by atoms with E-state index in [1.165, 1.54) is 24.3 Å². The Hall–Kier alpha value is -1.61. The van der Waals surface area contributed by atoms with Crippen molar-refractivity contribution in [2.75, 3.05) is 0 Å². The topological polar surface area (TPSA) is 22.1 Å². The lowest BCUT2D eigenvalue weighted by molar-refractivity contribution is 0.461. The lowest BCUT2D eigenvalue weighted by atomic mass is 10.3. The molecule has 0 aliphatic carbocycles. The number of benzene rings is 1. The number of ether oxygens (including phenoxy) is 1. The van der Waals surface area contributed by atoms with Crippen LogP contribution in [-0.4, -0.2) is 4.98 Å². The summed E-state index contributed by atoms with van der Waals surface area (Å²) in [6, 6.07) is 9.03. The van der Waals surface area contributed by atoms with Crippen LogP contribution in [0.2, 0.25) is 5.02 Å². The Morgan fingerprint density at radius 1 is 1.13 bits per heavy atom. The molecule has 0 radical (unpaired) electrons. The molecule has 0 spiro atoms. The zero-order valence-corrected chi connectivity index (χ0v) is 8.41. The molecule has 0 atom stereocenters. The quantitative estimate of drug-likeness (QED) is 0.775. The van der Waals surface area contributed by atoms with E-state index >= 15 is 0 Å². The predicted molar refractivity (Wildman–Crippen MR) is 55.7 cm³/mol. The second kappa shape index (κ2) is 4.28. The molecule has 15 heavy (non-hydrogen) atoms. The molecule has 4 heteroatoms. The molecule has 0 aliphatic rings. The van der Waals surface area contributed by atoms with Gasteiger partial charge in [0, 0.05) is 6.20 Å². The van der Waals surface area contributed by atoms with Crippen molar-refractivity contribution in [3.05, 3.63) is 53.4 Å². The van der Waals surface area contributed by atoms with Crippen LogP contribution in [0.5, 0.6) is 11.6 Å². The first-order valence-electron chi connectivity index (χ1n) is 4.29. The average Bonchev–Trinajstić information content (AvgIpc) is 2.25. The number of hydrogen-bond acceptors (Lipinski definition) is 2. The van der Waals surface area contributed by atoms with Gasteiger partial charge in [0.1, 0.15) is 16.6 Å². The molecule has 76 valence electrons. The van der Waals surface area contributed by atoms with Crippen LogP contribution >= 0.6 is 11.6 Å². The third-order valence-electron chi connectivity index (χ3n) is 1.75. The van der Waals surface area contributed by atoms with E-state index in [0.717, 1.165) is 0 Å². The fraction of sp³-hybridized carbons (Fsp3) is 0. The van der Waals surface area contributed by atoms with Gasteiger partial charge in [-0.15, -0.1) is 0 Å². The molecule has 1 aromatic carbocycles. The Labute approximate surface area is 91.3 Å². The Morgan fingerprint density at radius 3 is 2.53 bits per heavy atom. The summed E-state index contributed by atoms with van der Waals surface area (Å²) >= 11 is 5.84. The standard InChI is InChI=1S/C11H7ClFNO/c12-10-2-1-7-14-11(10)15-9-5-3-8(13)4-6-9/h1-7H. The summed E-state index contributed by atoms with van der Waals surface area (Å²) in [6.07, 6.45) is 1.57. The lowest BCUT2D eigenvalue weighted by Gasteiger charge is -2.05. The first-order valence-corrected chi connectivity index (χ1v) is 4.67. The Bertz CT molecular complexity index is 458. The number of aromatic nitrogens is 1. The maximum Gasteiger partial charge on any atom is 0.238 e. The number of rotatable bonds is 2. The van der Waals surface area contributed by atoms with Crippen molar-refractivity contribution < 1.29 is 9.13 Å². The number of nitrogens with zero attached hydrogens (tertiary/aromatic N) is 1. The minimum absolute atomic E-state index is 0.311. The molecule has 2 aromatic rings. The summed E-state index contributed by atoms with van der Waals surface area (Å²) in [6.45, 7) is 0. The highest BCUT2D eigenvalue weighted by atomic mass is 35.5. The van der Waals surface area contributed by atoms with Crippen molar-refractivity contribution >= 4 is 11.6 Å². The Morgan fingerprint density at radius 2 is 1.87 bits per heavy atom. The van der Waals surface area contributed by atoms with Gasteiger partial charge in [-0.3, -0.25) is 0 Å². The first kappa shape index (κ1) is 9.93. The molecule has 0 N–H and O–H groups in total. The van der Waals surface area contributed by atoms with Gasteiger partial charge in [0.15, 0.2) is 0 Å². The lowest BCUT2D eigenvalue weighted by Crippen LogP contribution is -1.88. The number of pyridine rings is 1. The Balaban J connectivity index is 2.22. The Kier molecular flexibility index (Phi) is 2.83. The van der Waals surface area contributed by atoms with Gasteiger partial charge in [-0.2, -0.15) is 0 Å². The van der Waals surface area contributed by atoms with Crippen molar-refractivity contribution in [1.29, 1.82) is 0 Å². The third kappa shape index (κ3) is 2.44. The minimum Gasteiger partial charge on any atom is -0.438 e. The second-order valence-corrected chi connectivity index (χ2v) is 3.25. The molecule has 2 rings (SSSR count). The zero-order chi connectivity index (χ0) is 10.7. The molecule has 2 nitrogen and oxygen atoms in total. The van der Waals surface area contributed by atoms with E-state index in [9.17, 15) is 4.39 Å². The van der Waals surface area contributed by atoms with E-state index in [1.807, 2.05) is 0 Å². The van der Waals surface area contributed by atoms with Crippen LogP contribution in [0, 0.1) is 5.82 Å². The van der Waals surface area contributed by atoms with Gasteiger partial charge in [0.05, 0.1) is 0 Å². The van der Waals surface area contributed by atoms with Crippen LogP contribution in [-0.2, 0) is 0 Å².